The molecule has 1 fully saturated rings. The minimum absolute atomic E-state index is 0.00911. The number of methoxy groups -OCH3 is 1. The van der Waals surface area contributed by atoms with Crippen molar-refractivity contribution in [3.63, 3.8) is 0 Å². The zero-order valence-corrected chi connectivity index (χ0v) is 10.8. The third kappa shape index (κ3) is 3.57. The number of hydrogen-bond donors (Lipinski definition) is 0. The smallest absolute Gasteiger partial charge is 0.308 e. The van der Waals surface area contributed by atoms with Gasteiger partial charge < -0.3 is 9.47 Å². The molecular formula is C15H20O3. The second-order valence-electron chi connectivity index (χ2n) is 4.72. The largest absolute Gasteiger partial charge is 0.469 e. The molecule has 18 heavy (non-hydrogen) atoms. The molecule has 1 aliphatic rings. The minimum Gasteiger partial charge on any atom is -0.469 e. The van der Waals surface area contributed by atoms with Gasteiger partial charge in [0.2, 0.25) is 0 Å². The summed E-state index contributed by atoms with van der Waals surface area (Å²) < 4.78 is 10.8. The molecule has 1 aromatic carbocycles. The van der Waals surface area contributed by atoms with Crippen LogP contribution in [0.25, 0.3) is 0 Å². The number of ether oxygens (including phenoxy) is 2. The topological polar surface area (TPSA) is 35.5 Å². The van der Waals surface area contributed by atoms with Crippen LogP contribution in [-0.2, 0) is 14.3 Å². The first-order chi connectivity index (χ1) is 8.79. The van der Waals surface area contributed by atoms with Crippen molar-refractivity contribution in [3.8, 4) is 0 Å². The van der Waals surface area contributed by atoms with Gasteiger partial charge in [0.1, 0.15) is 0 Å². The summed E-state index contributed by atoms with van der Waals surface area (Å²) in [4.78, 5) is 11.3. The Morgan fingerprint density at radius 3 is 2.72 bits per heavy atom. The van der Waals surface area contributed by atoms with E-state index in [1.165, 1.54) is 12.7 Å². The zero-order valence-electron chi connectivity index (χ0n) is 10.8. The molecule has 0 bridgehead atoms. The summed E-state index contributed by atoms with van der Waals surface area (Å²) in [6.07, 6.45) is 4.70. The third-order valence-corrected chi connectivity index (χ3v) is 3.39. The predicted octanol–water partition coefficient (Wildman–Crippen LogP) is 3.25. The Kier molecular flexibility index (Phi) is 4.76. The van der Waals surface area contributed by atoms with E-state index in [4.69, 9.17) is 9.47 Å². The maximum absolute atomic E-state index is 11.3. The Morgan fingerprint density at radius 2 is 2.00 bits per heavy atom. The lowest BCUT2D eigenvalue weighted by Crippen LogP contribution is -2.19. The van der Waals surface area contributed by atoms with Crippen molar-refractivity contribution in [2.75, 3.05) is 7.11 Å². The van der Waals surface area contributed by atoms with Crippen molar-refractivity contribution in [3.05, 3.63) is 35.9 Å². The van der Waals surface area contributed by atoms with Crippen molar-refractivity contribution >= 4 is 5.97 Å². The highest BCUT2D eigenvalue weighted by molar-refractivity contribution is 5.69. The number of rotatable bonds is 3. The molecule has 0 N–H and O–H groups in total. The summed E-state index contributed by atoms with van der Waals surface area (Å²) in [5.41, 5.74) is 1.20. The second kappa shape index (κ2) is 6.55. The molecule has 0 saturated carbocycles. The monoisotopic (exact) mass is 248 g/mol. The van der Waals surface area contributed by atoms with Crippen LogP contribution in [0.1, 0.15) is 43.8 Å². The van der Waals surface area contributed by atoms with Gasteiger partial charge in [-0.05, 0) is 18.4 Å². The molecule has 1 heterocycles. The summed E-state index contributed by atoms with van der Waals surface area (Å²) in [5, 5.41) is 0. The fraction of sp³-hybridized carbons (Fsp3) is 0.533. The molecule has 0 radical (unpaired) electrons. The van der Waals surface area contributed by atoms with Gasteiger partial charge in [0.25, 0.3) is 0 Å². The van der Waals surface area contributed by atoms with E-state index in [0.717, 1.165) is 25.7 Å². The molecule has 0 aliphatic carbocycles. The van der Waals surface area contributed by atoms with Gasteiger partial charge >= 0.3 is 5.97 Å². The van der Waals surface area contributed by atoms with Gasteiger partial charge in [-0.3, -0.25) is 4.79 Å². The highest BCUT2D eigenvalue weighted by Crippen LogP contribution is 2.31. The van der Waals surface area contributed by atoms with E-state index in [0.29, 0.717) is 6.42 Å². The fourth-order valence-electron chi connectivity index (χ4n) is 2.40. The van der Waals surface area contributed by atoms with Crippen molar-refractivity contribution < 1.29 is 14.3 Å². The van der Waals surface area contributed by atoms with Crippen LogP contribution in [0.15, 0.2) is 30.3 Å². The number of benzene rings is 1. The van der Waals surface area contributed by atoms with Crippen LogP contribution in [0.2, 0.25) is 0 Å². The van der Waals surface area contributed by atoms with E-state index < -0.39 is 0 Å². The first-order valence-electron chi connectivity index (χ1n) is 6.57. The maximum Gasteiger partial charge on any atom is 0.308 e. The summed E-state index contributed by atoms with van der Waals surface area (Å²) in [5.74, 6) is -0.186. The molecule has 2 atom stereocenters. The molecule has 0 unspecified atom stereocenters. The molecular weight excluding hydrogens is 228 g/mol. The summed E-state index contributed by atoms with van der Waals surface area (Å²) in [7, 11) is 1.42. The van der Waals surface area contributed by atoms with Gasteiger partial charge in [-0.15, -0.1) is 0 Å². The molecule has 0 spiro atoms. The van der Waals surface area contributed by atoms with Crippen LogP contribution in [0.5, 0.6) is 0 Å². The number of esters is 1. The van der Waals surface area contributed by atoms with E-state index in [1.807, 2.05) is 18.2 Å². The molecule has 3 heteroatoms. The molecule has 0 amide bonds. The lowest BCUT2D eigenvalue weighted by Gasteiger charge is -2.21. The average molecular weight is 248 g/mol. The van der Waals surface area contributed by atoms with Crippen molar-refractivity contribution in [2.45, 2.75) is 44.3 Å². The van der Waals surface area contributed by atoms with Gasteiger partial charge in [0.05, 0.1) is 25.7 Å². The van der Waals surface area contributed by atoms with Crippen molar-refractivity contribution in [2.24, 2.45) is 0 Å². The molecule has 1 aliphatic heterocycles. The van der Waals surface area contributed by atoms with Crippen LogP contribution in [0.4, 0.5) is 0 Å². The summed E-state index contributed by atoms with van der Waals surface area (Å²) in [6.45, 7) is 0. The Labute approximate surface area is 108 Å². The van der Waals surface area contributed by atoms with Crippen LogP contribution in [0, 0.1) is 0 Å². The normalized spacial score (nSPS) is 24.3. The van der Waals surface area contributed by atoms with Crippen LogP contribution >= 0.6 is 0 Å². The summed E-state index contributed by atoms with van der Waals surface area (Å²) in [6, 6.07) is 10.2. The van der Waals surface area contributed by atoms with Crippen molar-refractivity contribution in [1.29, 1.82) is 0 Å². The quantitative estimate of drug-likeness (QED) is 0.770. The van der Waals surface area contributed by atoms with Crippen molar-refractivity contribution in [1.82, 2.24) is 0 Å². The van der Waals surface area contributed by atoms with E-state index in [9.17, 15) is 4.79 Å². The standard InChI is InChI=1S/C15H20O3/c1-17-15(16)11-13-9-5-6-10-14(18-13)12-7-3-2-4-8-12/h2-4,7-8,13-14H,5-6,9-11H2,1H3/t13-,14+/m1/s1. The minimum atomic E-state index is -0.186. The van der Waals surface area contributed by atoms with Gasteiger partial charge in [-0.25, -0.2) is 0 Å². The van der Waals surface area contributed by atoms with Gasteiger partial charge in [0.15, 0.2) is 0 Å². The van der Waals surface area contributed by atoms with Crippen LogP contribution in [0.3, 0.4) is 0 Å². The lowest BCUT2D eigenvalue weighted by molar-refractivity contribution is -0.145. The molecule has 3 nitrogen and oxygen atoms in total. The lowest BCUT2D eigenvalue weighted by atomic mass is 10.0. The zero-order chi connectivity index (χ0) is 12.8. The first-order valence-corrected chi connectivity index (χ1v) is 6.57. The second-order valence-corrected chi connectivity index (χ2v) is 4.72. The predicted molar refractivity (Wildman–Crippen MR) is 69.2 cm³/mol. The fourth-order valence-corrected chi connectivity index (χ4v) is 2.40. The number of carbonyl (C=O) groups is 1. The average Bonchev–Trinajstić information content (AvgIpc) is 2.65. The molecule has 98 valence electrons. The van der Waals surface area contributed by atoms with E-state index in [1.54, 1.807) is 0 Å². The highest BCUT2D eigenvalue weighted by atomic mass is 16.5. The maximum atomic E-state index is 11.3. The number of carbonyl (C=O) groups excluding carboxylic acids is 1. The molecule has 2 rings (SSSR count). The Hall–Kier alpha value is -1.35. The van der Waals surface area contributed by atoms with Gasteiger partial charge in [0, 0.05) is 0 Å². The van der Waals surface area contributed by atoms with Crippen LogP contribution < -0.4 is 0 Å². The molecule has 1 aromatic rings. The molecule has 0 aromatic heterocycles. The highest BCUT2D eigenvalue weighted by Gasteiger charge is 2.23. The van der Waals surface area contributed by atoms with E-state index in [-0.39, 0.29) is 18.2 Å². The Morgan fingerprint density at radius 1 is 1.28 bits per heavy atom. The third-order valence-electron chi connectivity index (χ3n) is 3.39. The molecule has 1 saturated heterocycles. The number of hydrogen-bond acceptors (Lipinski definition) is 3. The van der Waals surface area contributed by atoms with Gasteiger partial charge in [-0.2, -0.15) is 0 Å². The first kappa shape index (κ1) is 13.1. The SMILES string of the molecule is COC(=O)C[C@H]1CCCC[C@@H](c2ccccc2)O1. The van der Waals surface area contributed by atoms with Gasteiger partial charge in [-0.1, -0.05) is 43.2 Å². The van der Waals surface area contributed by atoms with E-state index in [2.05, 4.69) is 12.1 Å². The van der Waals surface area contributed by atoms with Crippen LogP contribution in [-0.4, -0.2) is 19.2 Å². The summed E-state index contributed by atoms with van der Waals surface area (Å²) >= 11 is 0. The van der Waals surface area contributed by atoms with E-state index >= 15 is 0 Å². The Bertz CT molecular complexity index is 375. The Balaban J connectivity index is 2.01.